The van der Waals surface area contributed by atoms with Gasteiger partial charge in [-0.1, -0.05) is 6.07 Å². The third kappa shape index (κ3) is 2.26. The van der Waals surface area contributed by atoms with Gasteiger partial charge in [0.25, 0.3) is 0 Å². The minimum Gasteiger partial charge on any atom is -0.399 e. The number of fused-ring (bicyclic) bond motifs is 1. The van der Waals surface area contributed by atoms with Gasteiger partial charge >= 0.3 is 0 Å². The van der Waals surface area contributed by atoms with Crippen molar-refractivity contribution in [3.8, 4) is 0 Å². The second-order valence-corrected chi connectivity index (χ2v) is 4.82. The molecule has 0 fully saturated rings. The molecule has 0 heterocycles. The molecule has 0 saturated heterocycles. The van der Waals surface area contributed by atoms with E-state index in [1.165, 1.54) is 11.1 Å². The van der Waals surface area contributed by atoms with E-state index in [0.717, 1.165) is 31.4 Å². The summed E-state index contributed by atoms with van der Waals surface area (Å²) in [6.45, 7) is 0. The summed E-state index contributed by atoms with van der Waals surface area (Å²) in [5.74, 6) is -1.36. The van der Waals surface area contributed by atoms with Crippen LogP contribution in [0.2, 0.25) is 0 Å². The molecule has 1 aliphatic carbocycles. The SMILES string of the molecule is Nc1cc(F)c(Nc2ccc3c(c2)CCC3)c(F)c1. The van der Waals surface area contributed by atoms with Crippen molar-refractivity contribution in [1.82, 2.24) is 0 Å². The maximum absolute atomic E-state index is 13.7. The van der Waals surface area contributed by atoms with E-state index in [1.807, 2.05) is 18.2 Å². The Kier molecular flexibility index (Phi) is 2.85. The first kappa shape index (κ1) is 12.0. The molecule has 0 aliphatic heterocycles. The standard InChI is InChI=1S/C15H14F2N2/c16-13-7-11(18)8-14(17)15(13)19-12-5-4-9-2-1-3-10(9)6-12/h4-8,19H,1-3,18H2. The summed E-state index contributed by atoms with van der Waals surface area (Å²) in [4.78, 5) is 0. The lowest BCUT2D eigenvalue weighted by Crippen LogP contribution is -2.00. The highest BCUT2D eigenvalue weighted by molar-refractivity contribution is 5.64. The van der Waals surface area contributed by atoms with Gasteiger partial charge in [-0.15, -0.1) is 0 Å². The Morgan fingerprint density at radius 3 is 2.37 bits per heavy atom. The van der Waals surface area contributed by atoms with E-state index in [9.17, 15) is 8.78 Å². The van der Waals surface area contributed by atoms with Crippen molar-refractivity contribution in [2.75, 3.05) is 11.1 Å². The van der Waals surface area contributed by atoms with Gasteiger partial charge in [-0.05, 0) is 54.7 Å². The van der Waals surface area contributed by atoms with Crippen LogP contribution in [0.4, 0.5) is 25.8 Å². The zero-order valence-corrected chi connectivity index (χ0v) is 10.3. The molecule has 0 spiro atoms. The van der Waals surface area contributed by atoms with Gasteiger partial charge in [0.1, 0.15) is 5.69 Å². The third-order valence-corrected chi connectivity index (χ3v) is 3.43. The Bertz CT molecular complexity index is 615. The second-order valence-electron chi connectivity index (χ2n) is 4.82. The van der Waals surface area contributed by atoms with Gasteiger partial charge in [0, 0.05) is 11.4 Å². The van der Waals surface area contributed by atoms with Crippen molar-refractivity contribution >= 4 is 17.1 Å². The van der Waals surface area contributed by atoms with E-state index in [-0.39, 0.29) is 11.4 Å². The average molecular weight is 260 g/mol. The van der Waals surface area contributed by atoms with Crippen LogP contribution in [-0.4, -0.2) is 0 Å². The number of rotatable bonds is 2. The fourth-order valence-electron chi connectivity index (χ4n) is 2.51. The van der Waals surface area contributed by atoms with Crippen LogP contribution >= 0.6 is 0 Å². The van der Waals surface area contributed by atoms with Crippen molar-refractivity contribution in [3.05, 3.63) is 53.1 Å². The predicted molar refractivity (Wildman–Crippen MR) is 72.5 cm³/mol. The van der Waals surface area contributed by atoms with Crippen molar-refractivity contribution in [3.63, 3.8) is 0 Å². The van der Waals surface area contributed by atoms with Crippen LogP contribution in [0.5, 0.6) is 0 Å². The van der Waals surface area contributed by atoms with E-state index in [1.54, 1.807) is 0 Å². The summed E-state index contributed by atoms with van der Waals surface area (Å²) < 4.78 is 27.4. The Morgan fingerprint density at radius 2 is 1.63 bits per heavy atom. The Hall–Kier alpha value is -2.10. The molecule has 98 valence electrons. The molecule has 19 heavy (non-hydrogen) atoms. The highest BCUT2D eigenvalue weighted by Crippen LogP contribution is 2.29. The van der Waals surface area contributed by atoms with Crippen LogP contribution in [0.3, 0.4) is 0 Å². The van der Waals surface area contributed by atoms with Crippen LogP contribution in [0.15, 0.2) is 30.3 Å². The normalized spacial score (nSPS) is 13.4. The summed E-state index contributed by atoms with van der Waals surface area (Å²) in [5.41, 5.74) is 8.58. The highest BCUT2D eigenvalue weighted by Gasteiger charge is 2.13. The van der Waals surface area contributed by atoms with E-state index in [2.05, 4.69) is 5.32 Å². The van der Waals surface area contributed by atoms with Crippen LogP contribution in [0, 0.1) is 11.6 Å². The molecule has 4 heteroatoms. The number of nitrogens with one attached hydrogen (secondary N) is 1. The molecule has 3 rings (SSSR count). The van der Waals surface area contributed by atoms with Gasteiger partial charge < -0.3 is 11.1 Å². The number of nitrogens with two attached hydrogens (primary N) is 1. The average Bonchev–Trinajstić information content (AvgIpc) is 2.81. The van der Waals surface area contributed by atoms with Gasteiger partial charge in [0.15, 0.2) is 11.6 Å². The molecule has 2 aromatic carbocycles. The molecule has 0 atom stereocenters. The lowest BCUT2D eigenvalue weighted by molar-refractivity contribution is 0.592. The van der Waals surface area contributed by atoms with Crippen molar-refractivity contribution < 1.29 is 8.78 Å². The lowest BCUT2D eigenvalue weighted by Gasteiger charge is -2.11. The second kappa shape index (κ2) is 4.53. The Morgan fingerprint density at radius 1 is 0.947 bits per heavy atom. The first-order chi connectivity index (χ1) is 9.13. The molecule has 2 nitrogen and oxygen atoms in total. The van der Waals surface area contributed by atoms with Crippen LogP contribution in [0.25, 0.3) is 0 Å². The molecule has 0 unspecified atom stereocenters. The number of aryl methyl sites for hydroxylation is 2. The summed E-state index contributed by atoms with van der Waals surface area (Å²) in [6, 6.07) is 8.03. The number of nitrogen functional groups attached to an aromatic ring is 1. The smallest absolute Gasteiger partial charge is 0.151 e. The number of hydrogen-bond donors (Lipinski definition) is 2. The van der Waals surface area contributed by atoms with E-state index in [4.69, 9.17) is 5.73 Å². The fraction of sp³-hybridized carbons (Fsp3) is 0.200. The molecular formula is C15H14F2N2. The summed E-state index contributed by atoms with van der Waals surface area (Å²) >= 11 is 0. The number of hydrogen-bond acceptors (Lipinski definition) is 2. The Balaban J connectivity index is 1.93. The van der Waals surface area contributed by atoms with Gasteiger partial charge in [0.05, 0.1) is 0 Å². The minimum atomic E-state index is -0.682. The van der Waals surface area contributed by atoms with E-state index < -0.39 is 11.6 Å². The number of anilines is 3. The first-order valence-corrected chi connectivity index (χ1v) is 6.27. The molecule has 1 aliphatic rings. The molecular weight excluding hydrogens is 246 g/mol. The van der Waals surface area contributed by atoms with Crippen molar-refractivity contribution in [2.24, 2.45) is 0 Å². The quantitative estimate of drug-likeness (QED) is 0.806. The van der Waals surface area contributed by atoms with E-state index in [0.29, 0.717) is 5.69 Å². The van der Waals surface area contributed by atoms with Gasteiger partial charge in [-0.25, -0.2) is 8.78 Å². The molecule has 0 saturated carbocycles. The van der Waals surface area contributed by atoms with Crippen molar-refractivity contribution in [2.45, 2.75) is 19.3 Å². The van der Waals surface area contributed by atoms with Crippen LogP contribution < -0.4 is 11.1 Å². The number of benzene rings is 2. The Labute approximate surface area is 110 Å². The summed E-state index contributed by atoms with van der Waals surface area (Å²) in [5, 5.41) is 2.79. The molecule has 0 amide bonds. The third-order valence-electron chi connectivity index (χ3n) is 3.43. The van der Waals surface area contributed by atoms with Gasteiger partial charge in [-0.3, -0.25) is 0 Å². The van der Waals surface area contributed by atoms with Crippen LogP contribution in [0.1, 0.15) is 17.5 Å². The largest absolute Gasteiger partial charge is 0.399 e. The molecule has 0 aromatic heterocycles. The molecule has 2 aromatic rings. The molecule has 0 radical (unpaired) electrons. The molecule has 3 N–H and O–H groups in total. The fourth-order valence-corrected chi connectivity index (χ4v) is 2.51. The maximum atomic E-state index is 13.7. The lowest BCUT2D eigenvalue weighted by atomic mass is 10.1. The maximum Gasteiger partial charge on any atom is 0.151 e. The predicted octanol–water partition coefficient (Wildman–Crippen LogP) is 3.78. The van der Waals surface area contributed by atoms with Gasteiger partial charge in [0.2, 0.25) is 0 Å². The summed E-state index contributed by atoms with van der Waals surface area (Å²) in [7, 11) is 0. The monoisotopic (exact) mass is 260 g/mol. The zero-order valence-electron chi connectivity index (χ0n) is 10.3. The van der Waals surface area contributed by atoms with Crippen LogP contribution in [-0.2, 0) is 12.8 Å². The molecule has 0 bridgehead atoms. The topological polar surface area (TPSA) is 38.0 Å². The van der Waals surface area contributed by atoms with Gasteiger partial charge in [-0.2, -0.15) is 0 Å². The zero-order chi connectivity index (χ0) is 13.4. The summed E-state index contributed by atoms with van der Waals surface area (Å²) in [6.07, 6.45) is 3.25. The van der Waals surface area contributed by atoms with E-state index >= 15 is 0 Å². The first-order valence-electron chi connectivity index (χ1n) is 6.27. The van der Waals surface area contributed by atoms with Crippen molar-refractivity contribution in [1.29, 1.82) is 0 Å². The minimum absolute atomic E-state index is 0.0782. The highest BCUT2D eigenvalue weighted by atomic mass is 19.1. The number of halogens is 2.